The minimum Gasteiger partial charge on any atom is -0.486 e. The van der Waals surface area contributed by atoms with Crippen LogP contribution in [0.3, 0.4) is 0 Å². The lowest BCUT2D eigenvalue weighted by Gasteiger charge is -2.21. The predicted octanol–water partition coefficient (Wildman–Crippen LogP) is 2.34. The summed E-state index contributed by atoms with van der Waals surface area (Å²) >= 11 is 0. The Morgan fingerprint density at radius 1 is 1.00 bits per heavy atom. The molecule has 2 aromatic carbocycles. The minimum atomic E-state index is -0.523. The number of esters is 1. The number of carbonyl (C=O) groups excluding carboxylic acids is 2. The second kappa shape index (κ2) is 8.65. The number of amides is 1. The first-order valence-electron chi connectivity index (χ1n) is 9.01. The molecule has 0 unspecified atom stereocenters. The summed E-state index contributed by atoms with van der Waals surface area (Å²) in [6.45, 7) is 1.11. The predicted molar refractivity (Wildman–Crippen MR) is 105 cm³/mol. The van der Waals surface area contributed by atoms with Gasteiger partial charge < -0.3 is 24.0 Å². The van der Waals surface area contributed by atoms with Crippen molar-refractivity contribution in [2.75, 3.05) is 45.9 Å². The van der Waals surface area contributed by atoms with Crippen LogP contribution in [0.15, 0.2) is 42.5 Å². The highest BCUT2D eigenvalue weighted by atomic mass is 16.6. The molecule has 7 heteroatoms. The summed E-state index contributed by atoms with van der Waals surface area (Å²) in [6.07, 6.45) is 0. The fraction of sp³-hybridized carbons (Fsp3) is 0.333. The molecular weight excluding hydrogens is 360 g/mol. The summed E-state index contributed by atoms with van der Waals surface area (Å²) in [4.78, 5) is 28.0. The van der Waals surface area contributed by atoms with Crippen LogP contribution in [0.5, 0.6) is 11.5 Å². The molecular formula is C21H24N2O5. The molecule has 1 heterocycles. The molecule has 1 amide bonds. The van der Waals surface area contributed by atoms with Gasteiger partial charge in [-0.1, -0.05) is 12.1 Å². The van der Waals surface area contributed by atoms with Crippen molar-refractivity contribution in [2.24, 2.45) is 0 Å². The van der Waals surface area contributed by atoms with Gasteiger partial charge >= 0.3 is 5.97 Å². The number of hydrogen-bond acceptors (Lipinski definition) is 6. The maximum Gasteiger partial charge on any atom is 0.338 e. The number of ether oxygens (including phenoxy) is 3. The number of benzene rings is 2. The molecule has 28 heavy (non-hydrogen) atoms. The van der Waals surface area contributed by atoms with Crippen LogP contribution < -0.4 is 14.4 Å². The minimum absolute atomic E-state index is 0.285. The van der Waals surface area contributed by atoms with E-state index in [0.29, 0.717) is 36.8 Å². The Morgan fingerprint density at radius 3 is 2.50 bits per heavy atom. The molecule has 148 valence electrons. The largest absolute Gasteiger partial charge is 0.486 e. The lowest BCUT2D eigenvalue weighted by Crippen LogP contribution is -2.31. The zero-order valence-electron chi connectivity index (χ0n) is 16.3. The zero-order chi connectivity index (χ0) is 20.1. The zero-order valence-corrected chi connectivity index (χ0v) is 16.3. The van der Waals surface area contributed by atoms with Crippen LogP contribution in [0.2, 0.25) is 0 Å². The standard InChI is InChI=1S/C21H24N2O5/c1-22(2)17-6-4-5-16(12-17)21(25)28-14-20(24)23(3)13-15-7-8-18-19(11-15)27-10-9-26-18/h4-8,11-12H,9-10,13-14H2,1-3H3. The van der Waals surface area contributed by atoms with E-state index in [1.165, 1.54) is 4.90 Å². The van der Waals surface area contributed by atoms with Crippen LogP contribution in [0, 0.1) is 0 Å². The molecule has 2 aromatic rings. The van der Waals surface area contributed by atoms with Gasteiger partial charge in [-0.15, -0.1) is 0 Å². The van der Waals surface area contributed by atoms with Crippen LogP contribution in [-0.2, 0) is 16.1 Å². The highest BCUT2D eigenvalue weighted by molar-refractivity contribution is 5.92. The Bertz CT molecular complexity index is 866. The van der Waals surface area contributed by atoms with Crippen molar-refractivity contribution in [1.29, 1.82) is 0 Å². The van der Waals surface area contributed by atoms with E-state index in [4.69, 9.17) is 14.2 Å². The number of anilines is 1. The van der Waals surface area contributed by atoms with Gasteiger partial charge in [0.05, 0.1) is 5.56 Å². The molecule has 3 rings (SSSR count). The summed E-state index contributed by atoms with van der Waals surface area (Å²) in [5, 5.41) is 0. The van der Waals surface area contributed by atoms with E-state index >= 15 is 0 Å². The SMILES string of the molecule is CN(Cc1ccc2c(c1)OCCO2)C(=O)COC(=O)c1cccc(N(C)C)c1. The van der Waals surface area contributed by atoms with Crippen LogP contribution in [0.25, 0.3) is 0 Å². The normalized spacial score (nSPS) is 12.2. The Kier molecular flexibility index (Phi) is 6.03. The smallest absolute Gasteiger partial charge is 0.338 e. The van der Waals surface area contributed by atoms with Gasteiger partial charge in [-0.3, -0.25) is 4.79 Å². The van der Waals surface area contributed by atoms with Crippen molar-refractivity contribution in [3.8, 4) is 11.5 Å². The van der Waals surface area contributed by atoms with E-state index in [1.54, 1.807) is 25.2 Å². The maximum absolute atomic E-state index is 12.3. The summed E-state index contributed by atoms with van der Waals surface area (Å²) in [5.74, 6) is 0.575. The Hall–Kier alpha value is -3.22. The monoisotopic (exact) mass is 384 g/mol. The van der Waals surface area contributed by atoms with Crippen LogP contribution in [0.1, 0.15) is 15.9 Å². The molecule has 0 N–H and O–H groups in total. The molecule has 0 fully saturated rings. The summed E-state index contributed by atoms with van der Waals surface area (Å²) in [6, 6.07) is 12.6. The van der Waals surface area contributed by atoms with Gasteiger partial charge in [0.15, 0.2) is 18.1 Å². The van der Waals surface area contributed by atoms with E-state index in [0.717, 1.165) is 11.3 Å². The average Bonchev–Trinajstić information content (AvgIpc) is 2.71. The quantitative estimate of drug-likeness (QED) is 0.712. The molecule has 0 radical (unpaired) electrons. The maximum atomic E-state index is 12.3. The third-order valence-electron chi connectivity index (χ3n) is 4.38. The lowest BCUT2D eigenvalue weighted by atomic mass is 10.2. The molecule has 0 aliphatic carbocycles. The van der Waals surface area contributed by atoms with Gasteiger partial charge in [-0.2, -0.15) is 0 Å². The number of nitrogens with zero attached hydrogens (tertiary/aromatic N) is 2. The fourth-order valence-corrected chi connectivity index (χ4v) is 2.78. The topological polar surface area (TPSA) is 68.3 Å². The van der Waals surface area contributed by atoms with Crippen molar-refractivity contribution in [3.05, 3.63) is 53.6 Å². The third-order valence-corrected chi connectivity index (χ3v) is 4.38. The van der Waals surface area contributed by atoms with Crippen molar-refractivity contribution >= 4 is 17.6 Å². The molecule has 0 aromatic heterocycles. The van der Waals surface area contributed by atoms with Crippen LogP contribution >= 0.6 is 0 Å². The number of likely N-dealkylation sites (N-methyl/N-ethyl adjacent to an activating group) is 1. The van der Waals surface area contributed by atoms with Crippen LogP contribution in [0.4, 0.5) is 5.69 Å². The van der Waals surface area contributed by atoms with E-state index in [2.05, 4.69) is 0 Å². The molecule has 0 bridgehead atoms. The summed E-state index contributed by atoms with van der Waals surface area (Å²) < 4.78 is 16.2. The molecule has 0 atom stereocenters. The van der Waals surface area contributed by atoms with Crippen molar-refractivity contribution in [3.63, 3.8) is 0 Å². The second-order valence-corrected chi connectivity index (χ2v) is 6.75. The van der Waals surface area contributed by atoms with E-state index < -0.39 is 5.97 Å². The number of hydrogen-bond donors (Lipinski definition) is 0. The Labute approximate surface area is 164 Å². The first-order chi connectivity index (χ1) is 13.4. The van der Waals surface area contributed by atoms with Crippen molar-refractivity contribution in [1.82, 2.24) is 4.90 Å². The van der Waals surface area contributed by atoms with Gasteiger partial charge in [0.1, 0.15) is 13.2 Å². The molecule has 0 spiro atoms. The molecule has 1 aliphatic heterocycles. The van der Waals surface area contributed by atoms with Crippen molar-refractivity contribution in [2.45, 2.75) is 6.54 Å². The number of carbonyl (C=O) groups is 2. The third kappa shape index (κ3) is 4.73. The lowest BCUT2D eigenvalue weighted by molar-refractivity contribution is -0.133. The van der Waals surface area contributed by atoms with Gasteiger partial charge in [-0.05, 0) is 35.9 Å². The average molecular weight is 384 g/mol. The van der Waals surface area contributed by atoms with Gasteiger partial charge in [0.2, 0.25) is 0 Å². The summed E-state index contributed by atoms with van der Waals surface area (Å²) in [5.41, 5.74) is 2.20. The molecule has 0 saturated carbocycles. The van der Waals surface area contributed by atoms with E-state index in [1.807, 2.05) is 43.3 Å². The first-order valence-corrected chi connectivity index (χ1v) is 9.01. The van der Waals surface area contributed by atoms with E-state index in [9.17, 15) is 9.59 Å². The summed E-state index contributed by atoms with van der Waals surface area (Å²) in [7, 11) is 5.45. The molecule has 1 aliphatic rings. The van der Waals surface area contributed by atoms with Gasteiger partial charge in [0, 0.05) is 33.4 Å². The highest BCUT2D eigenvalue weighted by Crippen LogP contribution is 2.31. The number of fused-ring (bicyclic) bond motifs is 1. The van der Waals surface area contributed by atoms with Gasteiger partial charge in [0.25, 0.3) is 5.91 Å². The van der Waals surface area contributed by atoms with Crippen molar-refractivity contribution < 1.29 is 23.8 Å². The first kappa shape index (κ1) is 19.5. The number of rotatable bonds is 6. The van der Waals surface area contributed by atoms with Crippen LogP contribution in [-0.4, -0.2) is 57.7 Å². The molecule has 0 saturated heterocycles. The fourth-order valence-electron chi connectivity index (χ4n) is 2.78. The molecule has 7 nitrogen and oxygen atoms in total. The van der Waals surface area contributed by atoms with E-state index in [-0.39, 0.29) is 12.5 Å². The highest BCUT2D eigenvalue weighted by Gasteiger charge is 2.16. The second-order valence-electron chi connectivity index (χ2n) is 6.75. The van der Waals surface area contributed by atoms with Gasteiger partial charge in [-0.25, -0.2) is 4.79 Å². The Balaban J connectivity index is 1.54. The Morgan fingerprint density at radius 2 is 1.75 bits per heavy atom.